The number of pyridine rings is 1. The molecule has 0 radical (unpaired) electrons. The van der Waals surface area contributed by atoms with Gasteiger partial charge in [0.2, 0.25) is 0 Å². The summed E-state index contributed by atoms with van der Waals surface area (Å²) >= 11 is 0. The summed E-state index contributed by atoms with van der Waals surface area (Å²) in [6, 6.07) is 14.0. The van der Waals surface area contributed by atoms with Gasteiger partial charge in [0.05, 0.1) is 17.6 Å². The van der Waals surface area contributed by atoms with E-state index in [1.54, 1.807) is 6.20 Å². The second-order valence-electron chi connectivity index (χ2n) is 5.78. The minimum atomic E-state index is 0.145. The maximum Gasteiger partial charge on any atom is 0.123 e. The van der Waals surface area contributed by atoms with Gasteiger partial charge < -0.3 is 15.0 Å². The van der Waals surface area contributed by atoms with E-state index in [2.05, 4.69) is 25.9 Å². The van der Waals surface area contributed by atoms with E-state index in [0.717, 1.165) is 35.5 Å². The third-order valence-electron chi connectivity index (χ3n) is 4.08. The van der Waals surface area contributed by atoms with Crippen LogP contribution in [0.1, 0.15) is 11.5 Å². The molecule has 0 bridgehead atoms. The molecule has 0 saturated heterocycles. The lowest BCUT2D eigenvalue weighted by molar-refractivity contribution is 0.220. The van der Waals surface area contributed by atoms with Crippen molar-refractivity contribution >= 4 is 11.0 Å². The Morgan fingerprint density at radius 1 is 1.17 bits per heavy atom. The number of imidazole rings is 1. The van der Waals surface area contributed by atoms with Gasteiger partial charge in [-0.1, -0.05) is 18.2 Å². The summed E-state index contributed by atoms with van der Waals surface area (Å²) in [5.74, 6) is 1.15. The summed E-state index contributed by atoms with van der Waals surface area (Å²) < 4.78 is 2.11. The molecule has 3 rings (SSSR count). The van der Waals surface area contributed by atoms with Gasteiger partial charge in [0.15, 0.2) is 0 Å². The summed E-state index contributed by atoms with van der Waals surface area (Å²) in [5, 5.41) is 13.0. The fraction of sp³-hybridized carbons (Fsp3) is 0.333. The molecule has 0 spiro atoms. The van der Waals surface area contributed by atoms with Crippen LogP contribution in [0.4, 0.5) is 0 Å². The van der Waals surface area contributed by atoms with Crippen molar-refractivity contribution in [3.63, 3.8) is 0 Å². The molecule has 5 nitrogen and oxygen atoms in total. The summed E-state index contributed by atoms with van der Waals surface area (Å²) in [6.45, 7) is 1.56. The molecule has 0 aliphatic heterocycles. The van der Waals surface area contributed by atoms with Crippen LogP contribution in [-0.2, 0) is 20.0 Å². The summed E-state index contributed by atoms with van der Waals surface area (Å²) in [4.78, 5) is 8.96. The average molecular weight is 310 g/mol. The first-order valence-corrected chi connectivity index (χ1v) is 7.89. The second kappa shape index (κ2) is 7.35. The molecular formula is C18H22N4O. The molecule has 0 fully saturated rings. The van der Waals surface area contributed by atoms with Crippen molar-refractivity contribution in [3.8, 4) is 0 Å². The van der Waals surface area contributed by atoms with E-state index in [4.69, 9.17) is 0 Å². The number of hydrogen-bond acceptors (Lipinski definition) is 4. The number of nitrogens with zero attached hydrogens (tertiary/aromatic N) is 3. The van der Waals surface area contributed by atoms with E-state index in [1.807, 2.05) is 43.4 Å². The molecule has 3 aromatic rings. The standard InChI is InChI=1S/C18H22N4O/c1-22-17-8-3-2-7-16(17)21-18(22)12-19-11-14(13-23)10-15-6-4-5-9-20-15/h2-9,14,19,23H,10-13H2,1H3. The predicted molar refractivity (Wildman–Crippen MR) is 90.9 cm³/mol. The summed E-state index contributed by atoms with van der Waals surface area (Å²) in [6.07, 6.45) is 2.56. The Hall–Kier alpha value is -2.24. The number of para-hydroxylation sites is 2. The summed E-state index contributed by atoms with van der Waals surface area (Å²) in [5.41, 5.74) is 3.16. The molecular weight excluding hydrogens is 288 g/mol. The number of aliphatic hydroxyl groups is 1. The van der Waals surface area contributed by atoms with Crippen molar-refractivity contribution < 1.29 is 5.11 Å². The zero-order chi connectivity index (χ0) is 16.1. The minimum absolute atomic E-state index is 0.145. The first kappa shape index (κ1) is 15.6. The first-order valence-electron chi connectivity index (χ1n) is 7.89. The maximum absolute atomic E-state index is 9.56. The van der Waals surface area contributed by atoms with Gasteiger partial charge in [0, 0.05) is 32.1 Å². The van der Waals surface area contributed by atoms with Crippen LogP contribution in [-0.4, -0.2) is 32.8 Å². The molecule has 5 heteroatoms. The maximum atomic E-state index is 9.56. The molecule has 0 aliphatic rings. The number of aliphatic hydroxyl groups excluding tert-OH is 1. The highest BCUT2D eigenvalue weighted by molar-refractivity contribution is 5.75. The molecule has 2 aromatic heterocycles. The van der Waals surface area contributed by atoms with Crippen LogP contribution in [0, 0.1) is 5.92 Å². The van der Waals surface area contributed by atoms with Crippen molar-refractivity contribution in [2.24, 2.45) is 13.0 Å². The number of fused-ring (bicyclic) bond motifs is 1. The molecule has 2 heterocycles. The molecule has 1 unspecified atom stereocenters. The fourth-order valence-electron chi connectivity index (χ4n) is 2.76. The van der Waals surface area contributed by atoms with Crippen LogP contribution in [0.3, 0.4) is 0 Å². The average Bonchev–Trinajstić information content (AvgIpc) is 2.91. The Morgan fingerprint density at radius 3 is 2.74 bits per heavy atom. The van der Waals surface area contributed by atoms with Crippen molar-refractivity contribution in [1.82, 2.24) is 19.9 Å². The number of nitrogens with one attached hydrogen (secondary N) is 1. The van der Waals surface area contributed by atoms with E-state index in [1.165, 1.54) is 0 Å². The lowest BCUT2D eigenvalue weighted by atomic mass is 10.0. The third kappa shape index (κ3) is 3.75. The molecule has 120 valence electrons. The van der Waals surface area contributed by atoms with Crippen LogP contribution >= 0.6 is 0 Å². The monoisotopic (exact) mass is 310 g/mol. The quantitative estimate of drug-likeness (QED) is 0.700. The highest BCUT2D eigenvalue weighted by Gasteiger charge is 2.11. The Labute approximate surface area is 136 Å². The topological polar surface area (TPSA) is 63.0 Å². The van der Waals surface area contributed by atoms with E-state index in [9.17, 15) is 5.11 Å². The largest absolute Gasteiger partial charge is 0.396 e. The van der Waals surface area contributed by atoms with Crippen LogP contribution in [0.5, 0.6) is 0 Å². The predicted octanol–water partition coefficient (Wildman–Crippen LogP) is 1.91. The Balaban J connectivity index is 1.58. The van der Waals surface area contributed by atoms with Crippen molar-refractivity contribution in [2.75, 3.05) is 13.2 Å². The SMILES string of the molecule is Cn1c(CNCC(CO)Cc2ccccn2)nc2ccccc21. The number of benzene rings is 1. The molecule has 1 atom stereocenters. The molecule has 0 amide bonds. The highest BCUT2D eigenvalue weighted by Crippen LogP contribution is 2.14. The first-order chi connectivity index (χ1) is 11.3. The van der Waals surface area contributed by atoms with Crippen molar-refractivity contribution in [3.05, 3.63) is 60.2 Å². The second-order valence-corrected chi connectivity index (χ2v) is 5.78. The van der Waals surface area contributed by atoms with Crippen LogP contribution in [0.15, 0.2) is 48.7 Å². The molecule has 23 heavy (non-hydrogen) atoms. The van der Waals surface area contributed by atoms with E-state index >= 15 is 0 Å². The molecule has 0 saturated carbocycles. The number of aromatic nitrogens is 3. The van der Waals surface area contributed by atoms with Gasteiger partial charge in [-0.15, -0.1) is 0 Å². The van der Waals surface area contributed by atoms with Gasteiger partial charge in [-0.25, -0.2) is 4.98 Å². The van der Waals surface area contributed by atoms with E-state index < -0.39 is 0 Å². The van der Waals surface area contributed by atoms with Gasteiger partial charge >= 0.3 is 0 Å². The third-order valence-corrected chi connectivity index (χ3v) is 4.08. The van der Waals surface area contributed by atoms with Crippen molar-refractivity contribution in [2.45, 2.75) is 13.0 Å². The van der Waals surface area contributed by atoms with Crippen molar-refractivity contribution in [1.29, 1.82) is 0 Å². The molecule has 2 N–H and O–H groups in total. The van der Waals surface area contributed by atoms with Crippen LogP contribution < -0.4 is 5.32 Å². The van der Waals surface area contributed by atoms with Crippen LogP contribution in [0.25, 0.3) is 11.0 Å². The fourth-order valence-corrected chi connectivity index (χ4v) is 2.76. The number of aryl methyl sites for hydroxylation is 1. The zero-order valence-electron chi connectivity index (χ0n) is 13.3. The Bertz CT molecular complexity index is 754. The smallest absolute Gasteiger partial charge is 0.123 e. The highest BCUT2D eigenvalue weighted by atomic mass is 16.3. The summed E-state index contributed by atoms with van der Waals surface area (Å²) in [7, 11) is 2.03. The van der Waals surface area contributed by atoms with E-state index in [-0.39, 0.29) is 12.5 Å². The Kier molecular flexibility index (Phi) is 5.00. The normalized spacial score (nSPS) is 12.6. The zero-order valence-corrected chi connectivity index (χ0v) is 13.3. The molecule has 0 aliphatic carbocycles. The van der Waals surface area contributed by atoms with Gasteiger partial charge in [0.1, 0.15) is 5.82 Å². The number of hydrogen-bond donors (Lipinski definition) is 2. The Morgan fingerprint density at radius 2 is 2.00 bits per heavy atom. The van der Waals surface area contributed by atoms with Gasteiger partial charge in [0.25, 0.3) is 0 Å². The lowest BCUT2D eigenvalue weighted by Gasteiger charge is -2.14. The number of rotatable bonds is 7. The van der Waals surface area contributed by atoms with Crippen LogP contribution in [0.2, 0.25) is 0 Å². The van der Waals surface area contributed by atoms with Gasteiger partial charge in [-0.05, 0) is 36.6 Å². The minimum Gasteiger partial charge on any atom is -0.396 e. The van der Waals surface area contributed by atoms with E-state index in [0.29, 0.717) is 6.54 Å². The van der Waals surface area contributed by atoms with Gasteiger partial charge in [-0.2, -0.15) is 0 Å². The van der Waals surface area contributed by atoms with Gasteiger partial charge in [-0.3, -0.25) is 4.98 Å². The molecule has 1 aromatic carbocycles. The lowest BCUT2D eigenvalue weighted by Crippen LogP contribution is -2.27.